The average Bonchev–Trinajstić information content (AvgIpc) is 3.58. The van der Waals surface area contributed by atoms with E-state index in [1.807, 2.05) is 0 Å². The number of fused-ring (bicyclic) bond motifs is 1. The quantitative estimate of drug-likeness (QED) is 0.0821. The zero-order valence-corrected chi connectivity index (χ0v) is 26.8. The number of hydrogen-bond donors (Lipinski definition) is 3. The summed E-state index contributed by atoms with van der Waals surface area (Å²) in [5, 5.41) is 0. The van der Waals surface area contributed by atoms with E-state index in [1.165, 1.54) is 83.4 Å². The molecular formula is C32H54N6O6. The van der Waals surface area contributed by atoms with Gasteiger partial charge in [0.05, 0.1) is 12.9 Å². The molecule has 2 aromatic rings. The Morgan fingerprint density at radius 3 is 2.18 bits per heavy atom. The van der Waals surface area contributed by atoms with Crippen molar-refractivity contribution in [3.63, 3.8) is 0 Å². The number of nitrogen functional groups attached to an aromatic ring is 1. The molecule has 1 aliphatic rings. The van der Waals surface area contributed by atoms with Gasteiger partial charge in [0.15, 0.2) is 11.2 Å². The van der Waals surface area contributed by atoms with Crippen LogP contribution in [0.3, 0.4) is 0 Å². The van der Waals surface area contributed by atoms with E-state index in [4.69, 9.17) is 26.0 Å². The summed E-state index contributed by atoms with van der Waals surface area (Å²) < 4.78 is 7.29. The molecule has 248 valence electrons. The SMILES string of the molecule is CCCCCCCCCCCCCCCCCC(=O)OCC(CCn1c(N)nc(=O)c2[nH]cnc21)CC1OOC(=O)[C@]1(C)N. The number of ether oxygens (including phenoxy) is 1. The predicted octanol–water partition coefficient (Wildman–Crippen LogP) is 5.48. The maximum atomic E-state index is 12.6. The number of carbonyl (C=O) groups is 2. The summed E-state index contributed by atoms with van der Waals surface area (Å²) in [6.45, 7) is 4.29. The van der Waals surface area contributed by atoms with Crippen molar-refractivity contribution in [3.05, 3.63) is 16.7 Å². The van der Waals surface area contributed by atoms with Crippen molar-refractivity contribution < 1.29 is 24.1 Å². The lowest BCUT2D eigenvalue weighted by Crippen LogP contribution is -2.50. The van der Waals surface area contributed by atoms with Crippen molar-refractivity contribution >= 4 is 29.1 Å². The topological polar surface area (TPSA) is 177 Å². The molecule has 1 fully saturated rings. The van der Waals surface area contributed by atoms with E-state index < -0.39 is 23.2 Å². The molecule has 0 aliphatic carbocycles. The van der Waals surface area contributed by atoms with Crippen LogP contribution in [0.2, 0.25) is 0 Å². The molecule has 0 amide bonds. The monoisotopic (exact) mass is 618 g/mol. The second kappa shape index (κ2) is 18.7. The first-order valence-corrected chi connectivity index (χ1v) is 16.8. The number of hydrogen-bond acceptors (Lipinski definition) is 10. The fourth-order valence-electron chi connectivity index (χ4n) is 5.71. The Hall–Kier alpha value is -2.99. The molecule has 44 heavy (non-hydrogen) atoms. The Morgan fingerprint density at radius 1 is 1.02 bits per heavy atom. The van der Waals surface area contributed by atoms with Gasteiger partial charge in [-0.3, -0.25) is 19.0 Å². The lowest BCUT2D eigenvalue weighted by atomic mass is 9.88. The van der Waals surface area contributed by atoms with Gasteiger partial charge in [0, 0.05) is 13.0 Å². The number of aromatic nitrogens is 4. The number of imidazole rings is 1. The number of esters is 1. The molecule has 0 spiro atoms. The first kappa shape index (κ1) is 35.5. The molecule has 1 aliphatic heterocycles. The van der Waals surface area contributed by atoms with E-state index in [2.05, 4.69) is 21.9 Å². The standard InChI is InChI=1S/C32H54N6O6/c1-3-4-5-6-7-8-9-10-11-12-13-14-15-16-17-18-26(39)42-22-24(21-25-32(2,34)30(41)44-43-25)19-20-38-28-27(35-23-36-28)29(40)37-31(38)33/h23-25H,3-22,34H2,1-2H3,(H,35,36)(H2,33,37,40)/t24?,25?,32-/m1/s1. The van der Waals surface area contributed by atoms with Crippen molar-refractivity contribution in [2.45, 2.75) is 148 Å². The molecule has 12 heteroatoms. The highest BCUT2D eigenvalue weighted by molar-refractivity contribution is 5.81. The van der Waals surface area contributed by atoms with Crippen LogP contribution in [0.4, 0.5) is 5.95 Å². The van der Waals surface area contributed by atoms with Crippen LogP contribution in [0.5, 0.6) is 0 Å². The zero-order valence-electron chi connectivity index (χ0n) is 26.8. The largest absolute Gasteiger partial charge is 0.465 e. The Morgan fingerprint density at radius 2 is 1.61 bits per heavy atom. The number of aromatic amines is 1. The summed E-state index contributed by atoms with van der Waals surface area (Å²) in [7, 11) is 0. The number of nitrogens with two attached hydrogens (primary N) is 2. The molecule has 5 N–H and O–H groups in total. The molecule has 0 saturated carbocycles. The minimum absolute atomic E-state index is 0.0396. The summed E-state index contributed by atoms with van der Waals surface area (Å²) >= 11 is 0. The number of nitrogens with zero attached hydrogens (tertiary/aromatic N) is 3. The van der Waals surface area contributed by atoms with Crippen LogP contribution in [-0.4, -0.2) is 49.7 Å². The smallest absolute Gasteiger partial charge is 0.364 e. The molecular weight excluding hydrogens is 564 g/mol. The van der Waals surface area contributed by atoms with Crippen molar-refractivity contribution in [3.8, 4) is 0 Å². The summed E-state index contributed by atoms with van der Waals surface area (Å²) in [5.74, 6) is -1.08. The van der Waals surface area contributed by atoms with Crippen LogP contribution in [0.15, 0.2) is 11.1 Å². The molecule has 0 aromatic carbocycles. The summed E-state index contributed by atoms with van der Waals surface area (Å²) in [6.07, 6.45) is 20.9. The minimum Gasteiger partial charge on any atom is -0.465 e. The molecule has 3 atom stereocenters. The van der Waals surface area contributed by atoms with Crippen LogP contribution < -0.4 is 17.0 Å². The molecule has 1 saturated heterocycles. The third-order valence-corrected chi connectivity index (χ3v) is 8.70. The third-order valence-electron chi connectivity index (χ3n) is 8.70. The van der Waals surface area contributed by atoms with Gasteiger partial charge in [-0.2, -0.15) is 9.87 Å². The van der Waals surface area contributed by atoms with Crippen molar-refractivity contribution in [1.29, 1.82) is 0 Å². The lowest BCUT2D eigenvalue weighted by Gasteiger charge is -2.24. The maximum absolute atomic E-state index is 12.6. The number of H-pyrrole nitrogens is 1. The van der Waals surface area contributed by atoms with E-state index in [0.717, 1.165) is 19.3 Å². The minimum atomic E-state index is -1.32. The van der Waals surface area contributed by atoms with E-state index in [9.17, 15) is 14.4 Å². The van der Waals surface area contributed by atoms with Gasteiger partial charge in [0.1, 0.15) is 11.6 Å². The Labute approximate surface area is 260 Å². The molecule has 3 rings (SSSR count). The number of nitrogens with one attached hydrogen (secondary N) is 1. The third kappa shape index (κ3) is 11.2. The van der Waals surface area contributed by atoms with Gasteiger partial charge < -0.3 is 21.2 Å². The molecule has 2 unspecified atom stereocenters. The van der Waals surface area contributed by atoms with Crippen LogP contribution in [-0.2, 0) is 30.6 Å². The molecule has 2 aromatic heterocycles. The highest BCUT2D eigenvalue weighted by Gasteiger charge is 2.48. The predicted molar refractivity (Wildman–Crippen MR) is 169 cm³/mol. The Bertz CT molecular complexity index is 1210. The highest BCUT2D eigenvalue weighted by atomic mass is 17.2. The molecule has 0 bridgehead atoms. The summed E-state index contributed by atoms with van der Waals surface area (Å²) in [4.78, 5) is 57.5. The maximum Gasteiger partial charge on any atom is 0.364 e. The summed E-state index contributed by atoms with van der Waals surface area (Å²) in [6, 6.07) is 0. The van der Waals surface area contributed by atoms with E-state index in [-0.39, 0.29) is 30.0 Å². The lowest BCUT2D eigenvalue weighted by molar-refractivity contribution is -0.264. The van der Waals surface area contributed by atoms with Crippen molar-refractivity contribution in [2.75, 3.05) is 12.3 Å². The fourth-order valence-corrected chi connectivity index (χ4v) is 5.71. The van der Waals surface area contributed by atoms with Crippen LogP contribution in [0, 0.1) is 5.92 Å². The van der Waals surface area contributed by atoms with E-state index >= 15 is 0 Å². The van der Waals surface area contributed by atoms with Crippen LogP contribution in [0.1, 0.15) is 129 Å². The first-order chi connectivity index (χ1) is 21.2. The van der Waals surface area contributed by atoms with Gasteiger partial charge in [-0.15, -0.1) is 0 Å². The number of carbonyl (C=O) groups excluding carboxylic acids is 2. The van der Waals surface area contributed by atoms with Gasteiger partial charge in [-0.1, -0.05) is 96.8 Å². The second-order valence-electron chi connectivity index (χ2n) is 12.5. The van der Waals surface area contributed by atoms with Gasteiger partial charge >= 0.3 is 17.5 Å². The second-order valence-corrected chi connectivity index (χ2v) is 12.5. The molecule has 12 nitrogen and oxygen atoms in total. The Balaban J connectivity index is 1.35. The molecule has 0 radical (unpaired) electrons. The van der Waals surface area contributed by atoms with E-state index in [0.29, 0.717) is 31.5 Å². The van der Waals surface area contributed by atoms with Crippen LogP contribution in [0.25, 0.3) is 11.2 Å². The van der Waals surface area contributed by atoms with Crippen LogP contribution >= 0.6 is 0 Å². The number of unbranched alkanes of at least 4 members (excludes halogenated alkanes) is 14. The number of aryl methyl sites for hydroxylation is 1. The number of rotatable bonds is 23. The fraction of sp³-hybridized carbons (Fsp3) is 0.781. The normalized spacial score (nSPS) is 19.0. The zero-order chi connectivity index (χ0) is 31.8. The Kier molecular flexibility index (Phi) is 15.1. The average molecular weight is 619 g/mol. The van der Waals surface area contributed by atoms with Crippen molar-refractivity contribution in [2.24, 2.45) is 11.7 Å². The van der Waals surface area contributed by atoms with Gasteiger partial charge in [0.2, 0.25) is 5.95 Å². The van der Waals surface area contributed by atoms with Crippen molar-refractivity contribution in [1.82, 2.24) is 19.5 Å². The van der Waals surface area contributed by atoms with E-state index in [1.54, 1.807) is 11.5 Å². The van der Waals surface area contributed by atoms with Gasteiger partial charge in [0.25, 0.3) is 0 Å². The summed E-state index contributed by atoms with van der Waals surface area (Å²) in [5.41, 5.74) is 11.0. The van der Waals surface area contributed by atoms with Gasteiger partial charge in [-0.25, -0.2) is 9.78 Å². The molecule has 3 heterocycles. The number of anilines is 1. The first-order valence-electron chi connectivity index (χ1n) is 16.8. The van der Waals surface area contributed by atoms with Gasteiger partial charge in [-0.05, 0) is 32.1 Å². The highest BCUT2D eigenvalue weighted by Crippen LogP contribution is 2.29.